The Kier molecular flexibility index (Phi) is 2.62. The highest BCUT2D eigenvalue weighted by molar-refractivity contribution is 6.16. The fourth-order valence-electron chi connectivity index (χ4n) is 4.38. The number of nitrogens with zero attached hydrogens (tertiary/aromatic N) is 5. The molecular weight excluding hydrogens is 334 g/mol. The summed E-state index contributed by atoms with van der Waals surface area (Å²) in [5.41, 5.74) is 7.61. The third-order valence-corrected chi connectivity index (χ3v) is 5.32. The van der Waals surface area contributed by atoms with Crippen molar-refractivity contribution in [3.8, 4) is 0 Å². The molecule has 0 spiro atoms. The lowest BCUT2D eigenvalue weighted by atomic mass is 9.88. The van der Waals surface area contributed by atoms with Crippen molar-refractivity contribution in [2.75, 3.05) is 0 Å². The van der Waals surface area contributed by atoms with Gasteiger partial charge in [0, 0.05) is 23.2 Å². The van der Waals surface area contributed by atoms with Crippen molar-refractivity contribution >= 4 is 44.3 Å². The zero-order valence-electron chi connectivity index (χ0n) is 15.6. The second-order valence-electron chi connectivity index (χ2n) is 8.56. The first-order valence-electron chi connectivity index (χ1n) is 9.26. The van der Waals surface area contributed by atoms with E-state index in [0.717, 1.165) is 34.4 Å². The van der Waals surface area contributed by atoms with Gasteiger partial charge in [0.25, 0.3) is 0 Å². The van der Waals surface area contributed by atoms with E-state index in [4.69, 9.17) is 0 Å². The molecule has 0 bridgehead atoms. The summed E-state index contributed by atoms with van der Waals surface area (Å²) in [6.45, 7) is 6.83. The lowest BCUT2D eigenvalue weighted by Crippen LogP contribution is -2.09. The molecule has 5 nitrogen and oxygen atoms in total. The third kappa shape index (κ3) is 1.91. The molecule has 0 saturated heterocycles. The maximum Gasteiger partial charge on any atom is 0.168 e. The van der Waals surface area contributed by atoms with E-state index in [1.807, 2.05) is 24.7 Å². The topological polar surface area (TPSA) is 47.5 Å². The van der Waals surface area contributed by atoms with Crippen molar-refractivity contribution in [2.45, 2.75) is 27.2 Å². The van der Waals surface area contributed by atoms with E-state index in [1.165, 1.54) is 21.9 Å². The average Bonchev–Trinajstić information content (AvgIpc) is 3.19. The number of benzene rings is 1. The quantitative estimate of drug-likeness (QED) is 0.397. The van der Waals surface area contributed by atoms with Crippen LogP contribution in [0.15, 0.2) is 48.9 Å². The van der Waals surface area contributed by atoms with Crippen LogP contribution in [0, 0.1) is 5.41 Å². The number of aromatic nitrogens is 5. The number of imidazole rings is 1. The van der Waals surface area contributed by atoms with Crippen LogP contribution in [0.4, 0.5) is 0 Å². The normalized spacial score (nSPS) is 13.1. The Bertz CT molecular complexity index is 1480. The van der Waals surface area contributed by atoms with E-state index in [2.05, 4.69) is 68.8 Å². The second-order valence-corrected chi connectivity index (χ2v) is 8.56. The van der Waals surface area contributed by atoms with Gasteiger partial charge < -0.3 is 0 Å². The number of pyridine rings is 1. The van der Waals surface area contributed by atoms with Crippen molar-refractivity contribution < 1.29 is 0 Å². The van der Waals surface area contributed by atoms with E-state index in [9.17, 15) is 0 Å². The molecule has 0 saturated carbocycles. The summed E-state index contributed by atoms with van der Waals surface area (Å²) < 4.78 is 4.40. The number of fused-ring (bicyclic) bond motifs is 5. The average molecular weight is 353 g/mol. The van der Waals surface area contributed by atoms with Gasteiger partial charge in [0.05, 0.1) is 17.2 Å². The van der Waals surface area contributed by atoms with Crippen LogP contribution in [-0.2, 0) is 6.42 Å². The maximum atomic E-state index is 4.69. The van der Waals surface area contributed by atoms with Crippen LogP contribution in [0.2, 0.25) is 0 Å². The first kappa shape index (κ1) is 14.9. The van der Waals surface area contributed by atoms with Gasteiger partial charge in [-0.2, -0.15) is 0 Å². The van der Waals surface area contributed by atoms with Gasteiger partial charge in [-0.3, -0.25) is 13.8 Å². The smallest absolute Gasteiger partial charge is 0.168 e. The standard InChI is InChI=1S/C22H19N5/c1-22(2,3)11-13-4-5-14-15-6-8-23-19-20(15)26(16(14)10-13)18-12-25-17-7-9-24-21(19)27(17)18/h4-10,12H,11H2,1-3H3. The number of hydrogen-bond donors (Lipinski definition) is 0. The molecule has 5 heterocycles. The Hall–Kier alpha value is -3.21. The Morgan fingerprint density at radius 1 is 0.889 bits per heavy atom. The Balaban J connectivity index is 1.87. The van der Waals surface area contributed by atoms with Crippen LogP contribution in [0.3, 0.4) is 0 Å². The fraction of sp³-hybridized carbons (Fsp3) is 0.227. The van der Waals surface area contributed by atoms with Crippen molar-refractivity contribution in [3.63, 3.8) is 0 Å². The minimum atomic E-state index is 0.245. The predicted octanol–water partition coefficient (Wildman–Crippen LogP) is 4.86. The van der Waals surface area contributed by atoms with Gasteiger partial charge >= 0.3 is 0 Å². The van der Waals surface area contributed by atoms with E-state index < -0.39 is 0 Å². The van der Waals surface area contributed by atoms with E-state index in [-0.39, 0.29) is 5.41 Å². The molecule has 0 radical (unpaired) electrons. The van der Waals surface area contributed by atoms with Crippen molar-refractivity contribution in [1.29, 1.82) is 0 Å². The van der Waals surface area contributed by atoms with Crippen molar-refractivity contribution in [1.82, 2.24) is 23.8 Å². The highest BCUT2D eigenvalue weighted by atomic mass is 15.2. The molecule has 132 valence electrons. The van der Waals surface area contributed by atoms with E-state index in [1.54, 1.807) is 0 Å². The largest absolute Gasteiger partial charge is 0.291 e. The third-order valence-electron chi connectivity index (χ3n) is 5.32. The lowest BCUT2D eigenvalue weighted by molar-refractivity contribution is 0.411. The first-order valence-corrected chi connectivity index (χ1v) is 9.26. The van der Waals surface area contributed by atoms with Crippen LogP contribution in [-0.4, -0.2) is 23.8 Å². The molecule has 0 atom stereocenters. The van der Waals surface area contributed by atoms with Crippen LogP contribution in [0.1, 0.15) is 26.3 Å². The minimum absolute atomic E-state index is 0.245. The molecule has 0 aliphatic heterocycles. The first-order chi connectivity index (χ1) is 13.0. The summed E-state index contributed by atoms with van der Waals surface area (Å²) >= 11 is 0. The summed E-state index contributed by atoms with van der Waals surface area (Å²) in [5.74, 6) is 0. The summed E-state index contributed by atoms with van der Waals surface area (Å²) in [6.07, 6.45) is 6.66. The van der Waals surface area contributed by atoms with Gasteiger partial charge in [0.1, 0.15) is 16.8 Å². The van der Waals surface area contributed by atoms with Crippen molar-refractivity contribution in [2.24, 2.45) is 5.41 Å². The molecule has 5 aromatic heterocycles. The summed E-state index contributed by atoms with van der Waals surface area (Å²) in [4.78, 5) is 13.9. The molecule has 0 aliphatic carbocycles. The van der Waals surface area contributed by atoms with E-state index in [0.29, 0.717) is 0 Å². The summed E-state index contributed by atoms with van der Waals surface area (Å²) in [5, 5.41) is 2.46. The van der Waals surface area contributed by atoms with Gasteiger partial charge in [0.15, 0.2) is 5.65 Å². The lowest BCUT2D eigenvalue weighted by Gasteiger charge is -2.18. The molecule has 6 aromatic rings. The van der Waals surface area contributed by atoms with Gasteiger partial charge in [0.2, 0.25) is 0 Å². The monoisotopic (exact) mass is 353 g/mol. The molecule has 0 N–H and O–H groups in total. The molecule has 1 aromatic carbocycles. The van der Waals surface area contributed by atoms with Gasteiger partial charge in [-0.1, -0.05) is 32.9 Å². The number of hydrogen-bond acceptors (Lipinski definition) is 3. The summed E-state index contributed by atoms with van der Waals surface area (Å²) in [7, 11) is 0. The Morgan fingerprint density at radius 3 is 2.59 bits per heavy atom. The molecule has 0 unspecified atom stereocenters. The molecule has 5 heteroatoms. The Morgan fingerprint density at radius 2 is 1.74 bits per heavy atom. The molecule has 0 aliphatic rings. The zero-order chi connectivity index (χ0) is 18.3. The van der Waals surface area contributed by atoms with Crippen LogP contribution >= 0.6 is 0 Å². The summed E-state index contributed by atoms with van der Waals surface area (Å²) in [6, 6.07) is 10.9. The second kappa shape index (κ2) is 4.74. The zero-order valence-corrected chi connectivity index (χ0v) is 15.6. The highest BCUT2D eigenvalue weighted by Gasteiger charge is 2.20. The SMILES string of the molecule is CC(C)(C)Cc1ccc2c3ccnc4c5nccc6ncc(n65)n(c2c1)c34. The van der Waals surface area contributed by atoms with Gasteiger partial charge in [-0.25, -0.2) is 9.97 Å². The molecular formula is C22H19N5. The fourth-order valence-corrected chi connectivity index (χ4v) is 4.38. The molecule has 0 fully saturated rings. The van der Waals surface area contributed by atoms with Crippen LogP contribution in [0.5, 0.6) is 0 Å². The van der Waals surface area contributed by atoms with Crippen LogP contribution < -0.4 is 0 Å². The minimum Gasteiger partial charge on any atom is -0.291 e. The highest BCUT2D eigenvalue weighted by Crippen LogP contribution is 2.35. The van der Waals surface area contributed by atoms with E-state index >= 15 is 0 Å². The predicted molar refractivity (Wildman–Crippen MR) is 109 cm³/mol. The molecule has 0 amide bonds. The Labute approximate surface area is 155 Å². The molecule has 27 heavy (non-hydrogen) atoms. The number of rotatable bonds is 1. The van der Waals surface area contributed by atoms with Crippen LogP contribution in [0.25, 0.3) is 44.3 Å². The maximum absolute atomic E-state index is 4.69. The molecule has 6 rings (SSSR count). The van der Waals surface area contributed by atoms with Crippen molar-refractivity contribution in [3.05, 3.63) is 54.5 Å². The van der Waals surface area contributed by atoms with Gasteiger partial charge in [-0.05, 0) is 35.6 Å². The van der Waals surface area contributed by atoms with Gasteiger partial charge in [-0.15, -0.1) is 0 Å².